The van der Waals surface area contributed by atoms with E-state index in [1.165, 1.54) is 0 Å². The number of hydrogen-bond acceptors (Lipinski definition) is 5. The number of nitrogen functional groups attached to an aromatic ring is 1. The minimum absolute atomic E-state index is 0.143. The molecule has 0 spiro atoms. The Bertz CT molecular complexity index is 249. The van der Waals surface area contributed by atoms with Crippen LogP contribution in [0.25, 0.3) is 0 Å². The van der Waals surface area contributed by atoms with Crippen LogP contribution in [-0.4, -0.2) is 34.4 Å². The van der Waals surface area contributed by atoms with Crippen molar-refractivity contribution >= 4 is 11.9 Å². The Balaban J connectivity index is 2.26. The monoisotopic (exact) mass is 185 g/mol. The minimum Gasteiger partial charge on any atom is -0.377 e. The summed E-state index contributed by atoms with van der Waals surface area (Å²) >= 11 is 0. The fraction of sp³-hybridized carbons (Fsp3) is 0.714. The third kappa shape index (κ3) is 3.29. The van der Waals surface area contributed by atoms with Gasteiger partial charge in [-0.3, -0.25) is 0 Å². The predicted molar refractivity (Wildman–Crippen MR) is 50.4 cm³/mol. The molecule has 1 heterocycles. The minimum atomic E-state index is 0.143. The van der Waals surface area contributed by atoms with Crippen LogP contribution in [0.2, 0.25) is 0 Å². The summed E-state index contributed by atoms with van der Waals surface area (Å²) in [5.41, 5.74) is 5.34. The van der Waals surface area contributed by atoms with Gasteiger partial charge in [-0.2, -0.15) is 4.98 Å². The van der Waals surface area contributed by atoms with Crippen LogP contribution in [0.4, 0.5) is 11.9 Å². The zero-order valence-electron chi connectivity index (χ0n) is 7.87. The maximum absolute atomic E-state index is 5.34. The van der Waals surface area contributed by atoms with Gasteiger partial charge in [0.05, 0.1) is 6.10 Å². The number of ether oxygens (including phenoxy) is 1. The highest BCUT2D eigenvalue weighted by Crippen LogP contribution is 1.99. The second-order valence-electron chi connectivity index (χ2n) is 2.69. The van der Waals surface area contributed by atoms with Crippen molar-refractivity contribution in [1.29, 1.82) is 0 Å². The van der Waals surface area contributed by atoms with Crippen LogP contribution in [0.5, 0.6) is 0 Å². The number of aromatic nitrogens is 3. The molecule has 6 heteroatoms. The summed E-state index contributed by atoms with van der Waals surface area (Å²) in [6, 6.07) is 0. The van der Waals surface area contributed by atoms with Crippen molar-refractivity contribution in [2.45, 2.75) is 20.0 Å². The lowest BCUT2D eigenvalue weighted by atomic mass is 10.4. The highest BCUT2D eigenvalue weighted by atomic mass is 16.5. The molecule has 0 radical (unpaired) electrons. The Morgan fingerprint density at radius 3 is 3.00 bits per heavy atom. The van der Waals surface area contributed by atoms with Crippen LogP contribution in [0.3, 0.4) is 0 Å². The van der Waals surface area contributed by atoms with Crippen molar-refractivity contribution in [1.82, 2.24) is 15.2 Å². The molecule has 6 nitrogen and oxygen atoms in total. The average Bonchev–Trinajstić information content (AvgIpc) is 2.49. The molecule has 0 aliphatic heterocycles. The molecule has 0 aliphatic rings. The van der Waals surface area contributed by atoms with Crippen molar-refractivity contribution in [3.05, 3.63) is 0 Å². The SMILES string of the molecule is CCOC(C)CNc1n[nH]c(N)n1. The molecule has 1 aromatic rings. The zero-order chi connectivity index (χ0) is 9.68. The summed E-state index contributed by atoms with van der Waals surface area (Å²) in [7, 11) is 0. The average molecular weight is 185 g/mol. The summed E-state index contributed by atoms with van der Waals surface area (Å²) in [6.07, 6.45) is 0.143. The molecular weight excluding hydrogens is 170 g/mol. The normalized spacial score (nSPS) is 12.8. The van der Waals surface area contributed by atoms with Crippen LogP contribution in [0, 0.1) is 0 Å². The first kappa shape index (κ1) is 9.79. The van der Waals surface area contributed by atoms with Gasteiger partial charge < -0.3 is 15.8 Å². The standard InChI is InChI=1S/C7H15N5O/c1-3-13-5(2)4-9-7-10-6(8)11-12-7/h5H,3-4H2,1-2H3,(H4,8,9,10,11,12). The van der Waals surface area contributed by atoms with Crippen molar-refractivity contribution in [2.75, 3.05) is 24.2 Å². The lowest BCUT2D eigenvalue weighted by Gasteiger charge is -2.10. The Morgan fingerprint density at radius 1 is 1.69 bits per heavy atom. The number of H-pyrrole nitrogens is 1. The number of nitrogens with two attached hydrogens (primary N) is 1. The summed E-state index contributed by atoms with van der Waals surface area (Å²) in [5.74, 6) is 0.815. The molecule has 0 aliphatic carbocycles. The van der Waals surface area contributed by atoms with Crippen molar-refractivity contribution in [3.8, 4) is 0 Å². The van der Waals surface area contributed by atoms with Crippen molar-refractivity contribution in [3.63, 3.8) is 0 Å². The van der Waals surface area contributed by atoms with E-state index < -0.39 is 0 Å². The van der Waals surface area contributed by atoms with Crippen LogP contribution >= 0.6 is 0 Å². The number of anilines is 2. The Kier molecular flexibility index (Phi) is 3.51. The van der Waals surface area contributed by atoms with Crippen LogP contribution in [-0.2, 0) is 4.74 Å². The van der Waals surface area contributed by atoms with E-state index in [9.17, 15) is 0 Å². The van der Waals surface area contributed by atoms with E-state index in [0.29, 0.717) is 25.0 Å². The molecule has 13 heavy (non-hydrogen) atoms. The van der Waals surface area contributed by atoms with E-state index >= 15 is 0 Å². The first-order valence-corrected chi connectivity index (χ1v) is 4.25. The molecule has 1 unspecified atom stereocenters. The maximum atomic E-state index is 5.34. The molecular formula is C7H15N5O. The van der Waals surface area contributed by atoms with Gasteiger partial charge in [0.2, 0.25) is 11.9 Å². The largest absolute Gasteiger partial charge is 0.377 e. The van der Waals surface area contributed by atoms with Gasteiger partial charge >= 0.3 is 0 Å². The Hall–Kier alpha value is -1.30. The van der Waals surface area contributed by atoms with E-state index in [1.807, 2.05) is 13.8 Å². The van der Waals surface area contributed by atoms with E-state index in [2.05, 4.69) is 20.5 Å². The van der Waals surface area contributed by atoms with Gasteiger partial charge in [-0.25, -0.2) is 5.10 Å². The molecule has 0 amide bonds. The first-order valence-electron chi connectivity index (χ1n) is 4.25. The van der Waals surface area contributed by atoms with Crippen LogP contribution in [0.1, 0.15) is 13.8 Å². The fourth-order valence-electron chi connectivity index (χ4n) is 0.932. The van der Waals surface area contributed by atoms with Gasteiger partial charge in [-0.15, -0.1) is 5.10 Å². The molecule has 0 fully saturated rings. The van der Waals surface area contributed by atoms with Crippen molar-refractivity contribution in [2.24, 2.45) is 0 Å². The lowest BCUT2D eigenvalue weighted by molar-refractivity contribution is 0.0854. The first-order chi connectivity index (χ1) is 6.22. The van der Waals surface area contributed by atoms with E-state index in [0.717, 1.165) is 0 Å². The van der Waals surface area contributed by atoms with E-state index in [1.54, 1.807) is 0 Å². The second kappa shape index (κ2) is 4.66. The number of nitrogens with one attached hydrogen (secondary N) is 2. The summed E-state index contributed by atoms with van der Waals surface area (Å²) in [5, 5.41) is 9.35. The van der Waals surface area contributed by atoms with Crippen LogP contribution in [0.15, 0.2) is 0 Å². The summed E-state index contributed by atoms with van der Waals surface area (Å²) in [6.45, 7) is 5.32. The number of aromatic amines is 1. The maximum Gasteiger partial charge on any atom is 0.243 e. The van der Waals surface area contributed by atoms with Gasteiger partial charge in [0.1, 0.15) is 0 Å². The zero-order valence-corrected chi connectivity index (χ0v) is 7.87. The smallest absolute Gasteiger partial charge is 0.243 e. The van der Waals surface area contributed by atoms with Gasteiger partial charge in [0.25, 0.3) is 0 Å². The lowest BCUT2D eigenvalue weighted by Crippen LogP contribution is -2.20. The third-order valence-electron chi connectivity index (χ3n) is 1.50. The fourth-order valence-corrected chi connectivity index (χ4v) is 0.932. The molecule has 4 N–H and O–H groups in total. The highest BCUT2D eigenvalue weighted by Gasteiger charge is 2.03. The van der Waals surface area contributed by atoms with Gasteiger partial charge in [-0.05, 0) is 13.8 Å². The summed E-state index contributed by atoms with van der Waals surface area (Å²) in [4.78, 5) is 3.89. The molecule has 74 valence electrons. The van der Waals surface area contributed by atoms with Crippen molar-refractivity contribution < 1.29 is 4.74 Å². The number of rotatable bonds is 5. The third-order valence-corrected chi connectivity index (χ3v) is 1.50. The van der Waals surface area contributed by atoms with Gasteiger partial charge in [0, 0.05) is 13.2 Å². The predicted octanol–water partition coefficient (Wildman–Crippen LogP) is 0.224. The molecule has 0 saturated carbocycles. The molecule has 1 aromatic heterocycles. The van der Waals surface area contributed by atoms with Gasteiger partial charge in [0.15, 0.2) is 0 Å². The quantitative estimate of drug-likeness (QED) is 0.610. The van der Waals surface area contributed by atoms with Gasteiger partial charge in [-0.1, -0.05) is 0 Å². The molecule has 0 saturated heterocycles. The topological polar surface area (TPSA) is 88.8 Å². The summed E-state index contributed by atoms with van der Waals surface area (Å²) < 4.78 is 5.31. The van der Waals surface area contributed by atoms with E-state index in [4.69, 9.17) is 10.5 Å². The Morgan fingerprint density at radius 2 is 2.46 bits per heavy atom. The van der Waals surface area contributed by atoms with Crippen LogP contribution < -0.4 is 11.1 Å². The molecule has 1 rings (SSSR count). The molecule has 1 atom stereocenters. The second-order valence-corrected chi connectivity index (χ2v) is 2.69. The Labute approximate surface area is 76.9 Å². The molecule has 0 bridgehead atoms. The van der Waals surface area contributed by atoms with E-state index in [-0.39, 0.29) is 6.10 Å². The molecule has 0 aromatic carbocycles. The highest BCUT2D eigenvalue weighted by molar-refractivity contribution is 5.29. The number of nitrogens with zero attached hydrogens (tertiary/aromatic N) is 2. The number of hydrogen-bond donors (Lipinski definition) is 3.